The Labute approximate surface area is 183 Å². The van der Waals surface area contributed by atoms with Crippen molar-refractivity contribution in [2.75, 3.05) is 12.3 Å². The fraction of sp³-hybridized carbons (Fsp3) is 0.458. The fourth-order valence-corrected chi connectivity index (χ4v) is 3.88. The van der Waals surface area contributed by atoms with Gasteiger partial charge in [-0.3, -0.25) is 9.36 Å². The summed E-state index contributed by atoms with van der Waals surface area (Å²) in [5.74, 6) is 0.169. The van der Waals surface area contributed by atoms with Crippen molar-refractivity contribution in [3.63, 3.8) is 0 Å². The molecule has 3 rings (SSSR count). The number of aromatic nitrogens is 2. The third kappa shape index (κ3) is 5.34. The van der Waals surface area contributed by atoms with Crippen LogP contribution in [0.2, 0.25) is 0 Å². The standard InChI is InChI=1S/C24H32N4O3/c1-5-6-8-13-20(17-11-9-7-10-12-17)28-21(29)18-14-15-27(16-19(18)26-22(28)25)23(30)31-24(2,3)4/h5,7,9-12,20H,1,6,8,13-16H2,2-4H3,(H2,25,26). The topological polar surface area (TPSA) is 90.5 Å². The number of unbranched alkanes of at least 4 members (excludes halogenated alkanes) is 1. The molecule has 0 bridgehead atoms. The second kappa shape index (κ2) is 9.37. The highest BCUT2D eigenvalue weighted by Gasteiger charge is 2.30. The highest BCUT2D eigenvalue weighted by Crippen LogP contribution is 2.27. The Morgan fingerprint density at radius 2 is 2.03 bits per heavy atom. The van der Waals surface area contributed by atoms with Gasteiger partial charge in [0.1, 0.15) is 5.60 Å². The van der Waals surface area contributed by atoms with E-state index in [-0.39, 0.29) is 24.1 Å². The number of allylic oxidation sites excluding steroid dienone is 1. The lowest BCUT2D eigenvalue weighted by molar-refractivity contribution is 0.0220. The molecule has 0 spiro atoms. The molecule has 1 unspecified atom stereocenters. The maximum absolute atomic E-state index is 13.5. The molecule has 31 heavy (non-hydrogen) atoms. The van der Waals surface area contributed by atoms with Crippen LogP contribution in [0.3, 0.4) is 0 Å². The van der Waals surface area contributed by atoms with Crippen LogP contribution in [0.25, 0.3) is 0 Å². The smallest absolute Gasteiger partial charge is 0.410 e. The van der Waals surface area contributed by atoms with Gasteiger partial charge >= 0.3 is 6.09 Å². The lowest BCUT2D eigenvalue weighted by Gasteiger charge is -2.31. The second-order valence-corrected chi connectivity index (χ2v) is 8.87. The molecule has 2 aromatic rings. The zero-order valence-corrected chi connectivity index (χ0v) is 18.6. The van der Waals surface area contributed by atoms with Crippen molar-refractivity contribution in [2.24, 2.45) is 0 Å². The van der Waals surface area contributed by atoms with E-state index in [0.29, 0.717) is 24.2 Å². The van der Waals surface area contributed by atoms with E-state index in [0.717, 1.165) is 24.8 Å². The van der Waals surface area contributed by atoms with Crippen molar-refractivity contribution in [1.29, 1.82) is 0 Å². The predicted molar refractivity (Wildman–Crippen MR) is 122 cm³/mol. The summed E-state index contributed by atoms with van der Waals surface area (Å²) in [6.07, 6.45) is 4.40. The summed E-state index contributed by atoms with van der Waals surface area (Å²) < 4.78 is 7.08. The Morgan fingerprint density at radius 1 is 1.32 bits per heavy atom. The molecule has 166 valence electrons. The number of carbonyl (C=O) groups is 1. The first kappa shape index (κ1) is 22.6. The molecular formula is C24H32N4O3. The number of benzene rings is 1. The van der Waals surface area contributed by atoms with Crippen molar-refractivity contribution < 1.29 is 9.53 Å². The maximum atomic E-state index is 13.5. The van der Waals surface area contributed by atoms with E-state index in [1.165, 1.54) is 0 Å². The van der Waals surface area contributed by atoms with Gasteiger partial charge in [-0.2, -0.15) is 0 Å². The van der Waals surface area contributed by atoms with E-state index in [4.69, 9.17) is 10.5 Å². The molecule has 2 heterocycles. The van der Waals surface area contributed by atoms with E-state index < -0.39 is 11.7 Å². The van der Waals surface area contributed by atoms with Crippen molar-refractivity contribution >= 4 is 12.0 Å². The molecular weight excluding hydrogens is 392 g/mol. The van der Waals surface area contributed by atoms with Gasteiger partial charge in [-0.25, -0.2) is 9.78 Å². The Hall–Kier alpha value is -3.09. The average molecular weight is 425 g/mol. The molecule has 1 aliphatic rings. The lowest BCUT2D eigenvalue weighted by Crippen LogP contribution is -2.43. The van der Waals surface area contributed by atoms with Gasteiger partial charge in [-0.15, -0.1) is 6.58 Å². The molecule has 0 saturated carbocycles. The van der Waals surface area contributed by atoms with E-state index in [1.54, 1.807) is 9.47 Å². The zero-order valence-electron chi connectivity index (χ0n) is 18.6. The van der Waals surface area contributed by atoms with Gasteiger partial charge in [0.25, 0.3) is 5.56 Å². The quantitative estimate of drug-likeness (QED) is 0.558. The predicted octanol–water partition coefficient (Wildman–Crippen LogP) is 4.06. The van der Waals surface area contributed by atoms with Crippen molar-refractivity contribution in [3.05, 3.63) is 70.2 Å². The van der Waals surface area contributed by atoms with Crippen LogP contribution in [0.5, 0.6) is 0 Å². The normalized spacial score (nSPS) is 14.6. The summed E-state index contributed by atoms with van der Waals surface area (Å²) in [6.45, 7) is 9.90. The van der Waals surface area contributed by atoms with E-state index in [1.807, 2.05) is 57.2 Å². The van der Waals surface area contributed by atoms with Crippen LogP contribution in [0.1, 0.15) is 62.9 Å². The zero-order chi connectivity index (χ0) is 22.6. The summed E-state index contributed by atoms with van der Waals surface area (Å²) in [6, 6.07) is 9.69. The van der Waals surface area contributed by atoms with Crippen LogP contribution in [0.15, 0.2) is 47.8 Å². The molecule has 1 aromatic heterocycles. The Kier molecular flexibility index (Phi) is 6.83. The number of rotatable bonds is 6. The highest BCUT2D eigenvalue weighted by atomic mass is 16.6. The molecule has 0 aliphatic carbocycles. The van der Waals surface area contributed by atoms with Crippen LogP contribution >= 0.6 is 0 Å². The van der Waals surface area contributed by atoms with Gasteiger partial charge in [0.05, 0.1) is 18.3 Å². The van der Waals surface area contributed by atoms with Crippen LogP contribution in [-0.4, -0.2) is 32.7 Å². The average Bonchev–Trinajstić information content (AvgIpc) is 2.71. The molecule has 7 heteroatoms. The number of carbonyl (C=O) groups excluding carboxylic acids is 1. The van der Waals surface area contributed by atoms with Crippen LogP contribution in [0, 0.1) is 0 Å². The number of hydrogen-bond acceptors (Lipinski definition) is 5. The van der Waals surface area contributed by atoms with Gasteiger partial charge in [-0.05, 0) is 52.0 Å². The van der Waals surface area contributed by atoms with E-state index >= 15 is 0 Å². The number of fused-ring (bicyclic) bond motifs is 1. The Balaban J connectivity index is 1.94. The highest BCUT2D eigenvalue weighted by molar-refractivity contribution is 5.68. The second-order valence-electron chi connectivity index (χ2n) is 8.87. The largest absolute Gasteiger partial charge is 0.444 e. The number of anilines is 1. The molecule has 2 N–H and O–H groups in total. The number of amides is 1. The van der Waals surface area contributed by atoms with Crippen molar-refractivity contribution in [3.8, 4) is 0 Å². The third-order valence-electron chi connectivity index (χ3n) is 5.33. The Morgan fingerprint density at radius 3 is 2.68 bits per heavy atom. The lowest BCUT2D eigenvalue weighted by atomic mass is 9.99. The summed E-state index contributed by atoms with van der Waals surface area (Å²) in [4.78, 5) is 32.1. The fourth-order valence-electron chi connectivity index (χ4n) is 3.88. The van der Waals surface area contributed by atoms with Gasteiger partial charge in [0, 0.05) is 12.1 Å². The summed E-state index contributed by atoms with van der Waals surface area (Å²) in [5, 5.41) is 0. The molecule has 1 atom stereocenters. The molecule has 1 aromatic carbocycles. The minimum atomic E-state index is -0.582. The SMILES string of the molecule is C=CCCCC(c1ccccc1)n1c(N)nc2c(c1=O)CCN(C(=O)OC(C)(C)C)C2. The monoisotopic (exact) mass is 424 g/mol. The number of hydrogen-bond donors (Lipinski definition) is 1. The first-order chi connectivity index (χ1) is 14.7. The van der Waals surface area contributed by atoms with E-state index in [2.05, 4.69) is 11.6 Å². The summed E-state index contributed by atoms with van der Waals surface area (Å²) in [7, 11) is 0. The number of ether oxygens (including phenoxy) is 1. The van der Waals surface area contributed by atoms with Gasteiger partial charge in [0.2, 0.25) is 5.95 Å². The van der Waals surface area contributed by atoms with Crippen LogP contribution in [0.4, 0.5) is 10.7 Å². The molecule has 7 nitrogen and oxygen atoms in total. The Bertz CT molecular complexity index is 992. The van der Waals surface area contributed by atoms with Gasteiger partial charge < -0.3 is 15.4 Å². The molecule has 1 aliphatic heterocycles. The maximum Gasteiger partial charge on any atom is 0.410 e. The number of nitrogens with zero attached hydrogens (tertiary/aromatic N) is 3. The first-order valence-corrected chi connectivity index (χ1v) is 10.7. The number of nitrogens with two attached hydrogens (primary N) is 1. The van der Waals surface area contributed by atoms with Gasteiger partial charge in [0.15, 0.2) is 0 Å². The van der Waals surface area contributed by atoms with Crippen LogP contribution in [-0.2, 0) is 17.7 Å². The number of nitrogen functional groups attached to an aromatic ring is 1. The summed E-state index contributed by atoms with van der Waals surface area (Å²) in [5.41, 5.74) is 7.80. The molecule has 0 fully saturated rings. The minimum Gasteiger partial charge on any atom is -0.444 e. The third-order valence-corrected chi connectivity index (χ3v) is 5.33. The first-order valence-electron chi connectivity index (χ1n) is 10.7. The molecule has 0 radical (unpaired) electrons. The summed E-state index contributed by atoms with van der Waals surface area (Å²) >= 11 is 0. The molecule has 0 saturated heterocycles. The van der Waals surface area contributed by atoms with Crippen molar-refractivity contribution in [1.82, 2.24) is 14.5 Å². The minimum absolute atomic E-state index is 0.126. The molecule has 1 amide bonds. The van der Waals surface area contributed by atoms with Crippen LogP contribution < -0.4 is 11.3 Å². The van der Waals surface area contributed by atoms with E-state index in [9.17, 15) is 9.59 Å². The van der Waals surface area contributed by atoms with Crippen molar-refractivity contribution in [2.45, 2.75) is 64.6 Å². The van der Waals surface area contributed by atoms with Gasteiger partial charge in [-0.1, -0.05) is 36.4 Å².